The number of benzene rings is 1. The maximum absolute atomic E-state index is 11.6. The number of nitrogens with two attached hydrogens (primary N) is 1. The number of hydrogen-bond acceptors (Lipinski definition) is 5. The summed E-state index contributed by atoms with van der Waals surface area (Å²) in [6, 6.07) is 3.40. The van der Waals surface area contributed by atoms with Crippen molar-refractivity contribution in [3.05, 3.63) is 39.4 Å². The van der Waals surface area contributed by atoms with Crippen molar-refractivity contribution in [1.29, 1.82) is 0 Å². The number of methoxy groups -OCH3 is 1. The number of ether oxygens (including phenoxy) is 1. The van der Waals surface area contributed by atoms with Crippen molar-refractivity contribution in [3.8, 4) is 5.75 Å². The maximum Gasteiger partial charge on any atom is 0.336 e. The van der Waals surface area contributed by atoms with Crippen LogP contribution in [0.15, 0.2) is 25.8 Å². The summed E-state index contributed by atoms with van der Waals surface area (Å²) in [7, 11) is 1.52. The van der Waals surface area contributed by atoms with Crippen molar-refractivity contribution in [2.24, 2.45) is 5.73 Å². The van der Waals surface area contributed by atoms with Crippen molar-refractivity contribution in [2.45, 2.75) is 20.4 Å². The molecule has 0 fully saturated rings. The molecule has 5 nitrogen and oxygen atoms in total. The fourth-order valence-corrected chi connectivity index (χ4v) is 2.57. The van der Waals surface area contributed by atoms with Crippen LogP contribution in [0.5, 0.6) is 5.75 Å². The number of rotatable bonds is 2. The van der Waals surface area contributed by atoms with E-state index in [4.69, 9.17) is 19.3 Å². The number of hydrogen-bond donors (Lipinski definition) is 1. The van der Waals surface area contributed by atoms with Gasteiger partial charge in [0.05, 0.1) is 7.11 Å². The van der Waals surface area contributed by atoms with Gasteiger partial charge in [-0.15, -0.1) is 0 Å². The summed E-state index contributed by atoms with van der Waals surface area (Å²) in [5, 5.41) is 1.72. The fraction of sp³-hybridized carbons (Fsp3) is 0.267. The highest BCUT2D eigenvalue weighted by Crippen LogP contribution is 2.39. The molecule has 2 aromatic heterocycles. The van der Waals surface area contributed by atoms with E-state index >= 15 is 0 Å². The summed E-state index contributed by atoms with van der Waals surface area (Å²) < 4.78 is 16.4. The number of furan rings is 1. The Labute approximate surface area is 114 Å². The molecule has 2 N–H and O–H groups in total. The lowest BCUT2D eigenvalue weighted by Gasteiger charge is -2.07. The largest absolute Gasteiger partial charge is 0.490 e. The molecule has 0 saturated carbocycles. The first kappa shape index (κ1) is 12.7. The third-order valence-corrected chi connectivity index (χ3v) is 3.57. The predicted octanol–water partition coefficient (Wildman–Crippen LogP) is 2.62. The zero-order valence-electron chi connectivity index (χ0n) is 11.6. The van der Waals surface area contributed by atoms with Crippen molar-refractivity contribution >= 4 is 21.9 Å². The molecule has 0 aliphatic carbocycles. The van der Waals surface area contributed by atoms with Crippen LogP contribution in [0.4, 0.5) is 0 Å². The van der Waals surface area contributed by atoms with Crippen LogP contribution in [0, 0.1) is 13.8 Å². The molecule has 0 radical (unpaired) electrons. The Morgan fingerprint density at radius 1 is 1.15 bits per heavy atom. The first-order valence-corrected chi connectivity index (χ1v) is 6.30. The van der Waals surface area contributed by atoms with E-state index in [1.54, 1.807) is 0 Å². The third-order valence-electron chi connectivity index (χ3n) is 3.57. The first-order chi connectivity index (χ1) is 9.56. The normalized spacial score (nSPS) is 11.4. The Bertz CT molecular complexity index is 873. The molecule has 3 rings (SSSR count). The molecule has 0 spiro atoms. The SMILES string of the molecule is COc1c2oc(=O)cc(C)c2cc2c(CN)c(C)oc12. The average molecular weight is 273 g/mol. The van der Waals surface area contributed by atoms with Gasteiger partial charge in [-0.25, -0.2) is 4.79 Å². The van der Waals surface area contributed by atoms with E-state index in [0.29, 0.717) is 23.5 Å². The Balaban J connectivity index is 2.60. The van der Waals surface area contributed by atoms with Crippen LogP contribution in [-0.4, -0.2) is 7.11 Å². The lowest BCUT2D eigenvalue weighted by atomic mass is 10.0. The van der Waals surface area contributed by atoms with Crippen molar-refractivity contribution in [3.63, 3.8) is 0 Å². The molecule has 0 saturated heterocycles. The van der Waals surface area contributed by atoms with E-state index in [1.807, 2.05) is 19.9 Å². The third kappa shape index (κ3) is 1.63. The van der Waals surface area contributed by atoms with Gasteiger partial charge in [0, 0.05) is 28.9 Å². The smallest absolute Gasteiger partial charge is 0.336 e. The summed E-state index contributed by atoms with van der Waals surface area (Å²) in [4.78, 5) is 11.6. The number of aryl methyl sites for hydroxylation is 2. The standard InChI is InChI=1S/C15H15NO4/c1-7-4-12(17)20-13-9(7)5-10-11(6-16)8(2)19-14(10)15(13)18-3/h4-5H,6,16H2,1-3H3. The zero-order chi connectivity index (χ0) is 14.4. The topological polar surface area (TPSA) is 78.6 Å². The molecular weight excluding hydrogens is 258 g/mol. The second-order valence-electron chi connectivity index (χ2n) is 4.75. The molecule has 104 valence electrons. The average Bonchev–Trinajstić information content (AvgIpc) is 2.71. The molecule has 20 heavy (non-hydrogen) atoms. The van der Waals surface area contributed by atoms with Gasteiger partial charge in [-0.3, -0.25) is 0 Å². The van der Waals surface area contributed by atoms with E-state index in [9.17, 15) is 4.79 Å². The minimum absolute atomic E-state index is 0.378. The van der Waals surface area contributed by atoms with Crippen LogP contribution in [0.1, 0.15) is 16.9 Å². The predicted molar refractivity (Wildman–Crippen MR) is 76.2 cm³/mol. The van der Waals surface area contributed by atoms with Crippen molar-refractivity contribution in [1.82, 2.24) is 0 Å². The van der Waals surface area contributed by atoms with Gasteiger partial charge >= 0.3 is 5.63 Å². The van der Waals surface area contributed by atoms with Crippen LogP contribution in [0.3, 0.4) is 0 Å². The number of fused-ring (bicyclic) bond motifs is 2. The summed E-state index contributed by atoms with van der Waals surface area (Å²) in [5.41, 5.74) is 8.11. The summed E-state index contributed by atoms with van der Waals surface area (Å²) >= 11 is 0. The highest BCUT2D eigenvalue weighted by atomic mass is 16.5. The van der Waals surface area contributed by atoms with Crippen LogP contribution in [-0.2, 0) is 6.54 Å². The Morgan fingerprint density at radius 2 is 1.85 bits per heavy atom. The van der Waals surface area contributed by atoms with Crippen LogP contribution >= 0.6 is 0 Å². The van der Waals surface area contributed by atoms with Gasteiger partial charge in [-0.1, -0.05) is 0 Å². The lowest BCUT2D eigenvalue weighted by molar-refractivity contribution is 0.401. The van der Waals surface area contributed by atoms with Crippen LogP contribution < -0.4 is 16.1 Å². The van der Waals surface area contributed by atoms with E-state index < -0.39 is 5.63 Å². The maximum atomic E-state index is 11.6. The van der Waals surface area contributed by atoms with Gasteiger partial charge in [0.1, 0.15) is 5.76 Å². The monoisotopic (exact) mass is 273 g/mol. The molecule has 0 bridgehead atoms. The second-order valence-corrected chi connectivity index (χ2v) is 4.75. The van der Waals surface area contributed by atoms with Crippen LogP contribution in [0.2, 0.25) is 0 Å². The van der Waals surface area contributed by atoms with Gasteiger partial charge in [-0.2, -0.15) is 0 Å². The van der Waals surface area contributed by atoms with Gasteiger partial charge < -0.3 is 19.3 Å². The Morgan fingerprint density at radius 3 is 2.50 bits per heavy atom. The van der Waals surface area contributed by atoms with Gasteiger partial charge in [-0.05, 0) is 25.5 Å². The molecule has 0 amide bonds. The zero-order valence-corrected chi connectivity index (χ0v) is 11.6. The van der Waals surface area contributed by atoms with E-state index in [-0.39, 0.29) is 0 Å². The van der Waals surface area contributed by atoms with E-state index in [2.05, 4.69) is 0 Å². The Kier molecular flexibility index (Phi) is 2.79. The van der Waals surface area contributed by atoms with Crippen molar-refractivity contribution in [2.75, 3.05) is 7.11 Å². The van der Waals surface area contributed by atoms with Gasteiger partial charge in [0.15, 0.2) is 11.2 Å². The summed E-state index contributed by atoms with van der Waals surface area (Å²) in [5.74, 6) is 1.18. The second kappa shape index (κ2) is 4.38. The molecule has 3 aromatic rings. The highest BCUT2D eigenvalue weighted by molar-refractivity contribution is 6.02. The Hall–Kier alpha value is -2.27. The summed E-state index contributed by atoms with van der Waals surface area (Å²) in [6.07, 6.45) is 0. The molecule has 0 aliphatic rings. The minimum Gasteiger partial charge on any atom is -0.490 e. The molecule has 2 heterocycles. The summed E-state index contributed by atoms with van der Waals surface area (Å²) in [6.45, 7) is 4.10. The molecular formula is C15H15NO4. The first-order valence-electron chi connectivity index (χ1n) is 6.30. The van der Waals surface area contributed by atoms with Gasteiger partial charge in [0.25, 0.3) is 0 Å². The van der Waals surface area contributed by atoms with Crippen LogP contribution in [0.25, 0.3) is 21.9 Å². The lowest BCUT2D eigenvalue weighted by Crippen LogP contribution is -2.00. The van der Waals surface area contributed by atoms with Crippen molar-refractivity contribution < 1.29 is 13.6 Å². The molecule has 5 heteroatoms. The highest BCUT2D eigenvalue weighted by Gasteiger charge is 2.19. The van der Waals surface area contributed by atoms with Gasteiger partial charge in [0.2, 0.25) is 5.75 Å². The van der Waals surface area contributed by atoms with E-state index in [1.165, 1.54) is 13.2 Å². The molecule has 0 aliphatic heterocycles. The molecule has 1 aromatic carbocycles. The van der Waals surface area contributed by atoms with E-state index in [0.717, 1.165) is 27.7 Å². The fourth-order valence-electron chi connectivity index (χ4n) is 2.57. The molecule has 0 atom stereocenters. The quantitative estimate of drug-likeness (QED) is 0.726. The minimum atomic E-state index is -0.407. The molecule has 0 unspecified atom stereocenters.